The monoisotopic (exact) mass is 401 g/mol. The fourth-order valence-corrected chi connectivity index (χ4v) is 2.83. The first kappa shape index (κ1) is 19.4. The molecule has 0 bridgehead atoms. The molecule has 28 heavy (non-hydrogen) atoms. The lowest BCUT2D eigenvalue weighted by Gasteiger charge is -2.04. The quantitative estimate of drug-likeness (QED) is 0.229. The molecule has 2 aromatic carbocycles. The molecular weight excluding hydrogens is 386 g/mol. The Hall–Kier alpha value is -3.40. The molecule has 10 heteroatoms. The van der Waals surface area contributed by atoms with E-state index >= 15 is 0 Å². The Kier molecular flexibility index (Phi) is 6.22. The van der Waals surface area contributed by atoms with Crippen LogP contribution < -0.4 is 9.47 Å². The van der Waals surface area contributed by atoms with Gasteiger partial charge in [0.15, 0.2) is 12.4 Å². The second kappa shape index (κ2) is 9.00. The Morgan fingerprint density at radius 1 is 1.11 bits per heavy atom. The van der Waals surface area contributed by atoms with Crippen molar-refractivity contribution >= 4 is 23.2 Å². The van der Waals surface area contributed by atoms with E-state index in [-0.39, 0.29) is 34.9 Å². The molecule has 3 rings (SSSR count). The predicted molar refractivity (Wildman–Crippen MR) is 99.8 cm³/mol. The average molecular weight is 401 g/mol. The van der Waals surface area contributed by atoms with Crippen LogP contribution in [-0.2, 0) is 6.61 Å². The van der Waals surface area contributed by atoms with Crippen molar-refractivity contribution in [3.63, 3.8) is 0 Å². The molecule has 0 unspecified atom stereocenters. The largest absolute Gasteiger partial charge is 0.497 e. The van der Waals surface area contributed by atoms with Gasteiger partial charge in [0.2, 0.25) is 0 Å². The van der Waals surface area contributed by atoms with Gasteiger partial charge in [0, 0.05) is 17.7 Å². The number of nitrogens with zero attached hydrogens (tertiary/aromatic N) is 3. The normalized spacial score (nSPS) is 10.5. The second-order valence-electron chi connectivity index (χ2n) is 5.44. The van der Waals surface area contributed by atoms with Gasteiger partial charge in [0.1, 0.15) is 11.5 Å². The Morgan fingerprint density at radius 2 is 1.79 bits per heavy atom. The van der Waals surface area contributed by atoms with Gasteiger partial charge in [0.05, 0.1) is 17.8 Å². The van der Waals surface area contributed by atoms with Crippen molar-refractivity contribution in [2.24, 2.45) is 0 Å². The number of methoxy groups -OCH3 is 1. The maximum absolute atomic E-state index is 12.2. The van der Waals surface area contributed by atoms with Gasteiger partial charge in [-0.05, 0) is 36.4 Å². The van der Waals surface area contributed by atoms with Gasteiger partial charge >= 0.3 is 0 Å². The Balaban J connectivity index is 1.49. The van der Waals surface area contributed by atoms with Crippen molar-refractivity contribution in [3.8, 4) is 11.5 Å². The molecule has 1 aromatic heterocycles. The number of hydrogen-bond donors (Lipinski definition) is 0. The minimum absolute atomic E-state index is 0.0670. The SMILES string of the molecule is COc1ccc(OCc2nnc(SCC(=O)c3ccc([N+](=O)[O-])cc3)o2)cc1. The Labute approximate surface area is 163 Å². The summed E-state index contributed by atoms with van der Waals surface area (Å²) in [6.45, 7) is 0.0934. The first-order valence-corrected chi connectivity index (χ1v) is 9.03. The number of rotatable bonds is 9. The molecule has 0 radical (unpaired) electrons. The second-order valence-corrected chi connectivity index (χ2v) is 6.37. The molecule has 0 aliphatic heterocycles. The number of benzene rings is 2. The first-order chi connectivity index (χ1) is 13.5. The van der Waals surface area contributed by atoms with E-state index in [4.69, 9.17) is 13.9 Å². The van der Waals surface area contributed by atoms with E-state index in [1.807, 2.05) is 0 Å². The van der Waals surface area contributed by atoms with E-state index in [0.717, 1.165) is 17.5 Å². The number of thioether (sulfide) groups is 1. The van der Waals surface area contributed by atoms with Crippen molar-refractivity contribution in [2.45, 2.75) is 11.8 Å². The van der Waals surface area contributed by atoms with Crippen LogP contribution in [0.15, 0.2) is 58.2 Å². The molecule has 0 saturated carbocycles. The van der Waals surface area contributed by atoms with Crippen LogP contribution in [0.5, 0.6) is 11.5 Å². The number of nitro benzene ring substituents is 1. The number of non-ortho nitro benzene ring substituents is 1. The van der Waals surface area contributed by atoms with E-state index in [1.165, 1.54) is 24.3 Å². The van der Waals surface area contributed by atoms with Crippen molar-refractivity contribution in [1.29, 1.82) is 0 Å². The van der Waals surface area contributed by atoms with Gasteiger partial charge in [-0.15, -0.1) is 10.2 Å². The van der Waals surface area contributed by atoms with E-state index in [9.17, 15) is 14.9 Å². The number of carbonyl (C=O) groups is 1. The van der Waals surface area contributed by atoms with Gasteiger partial charge in [-0.1, -0.05) is 11.8 Å². The summed E-state index contributed by atoms with van der Waals surface area (Å²) in [5.41, 5.74) is 0.309. The topological polar surface area (TPSA) is 118 Å². The molecule has 0 aliphatic rings. The molecule has 144 valence electrons. The van der Waals surface area contributed by atoms with Crippen molar-refractivity contribution in [3.05, 3.63) is 70.1 Å². The van der Waals surface area contributed by atoms with Crippen molar-refractivity contribution < 1.29 is 23.6 Å². The third kappa shape index (κ3) is 5.07. The summed E-state index contributed by atoms with van der Waals surface area (Å²) in [7, 11) is 1.58. The highest BCUT2D eigenvalue weighted by molar-refractivity contribution is 7.99. The standard InChI is InChI=1S/C18H15N3O6S/c1-25-14-6-8-15(9-7-14)26-10-17-19-20-18(27-17)28-11-16(22)12-2-4-13(5-3-12)21(23)24/h2-9H,10-11H2,1H3. The van der Waals surface area contributed by atoms with Crippen LogP contribution in [-0.4, -0.2) is 33.8 Å². The summed E-state index contributed by atoms with van der Waals surface area (Å²) < 4.78 is 16.1. The lowest BCUT2D eigenvalue weighted by atomic mass is 10.1. The van der Waals surface area contributed by atoms with Crippen LogP contribution in [0.4, 0.5) is 5.69 Å². The Bertz CT molecular complexity index is 956. The summed E-state index contributed by atoms with van der Waals surface area (Å²) in [4.78, 5) is 22.3. The summed E-state index contributed by atoms with van der Waals surface area (Å²) in [5.74, 6) is 1.50. The van der Waals surface area contributed by atoms with Gasteiger partial charge in [-0.2, -0.15) is 0 Å². The minimum Gasteiger partial charge on any atom is -0.497 e. The molecule has 3 aromatic rings. The number of aromatic nitrogens is 2. The minimum atomic E-state index is -0.517. The average Bonchev–Trinajstić information content (AvgIpc) is 3.19. The van der Waals surface area contributed by atoms with E-state index in [2.05, 4.69) is 10.2 Å². The van der Waals surface area contributed by atoms with E-state index < -0.39 is 4.92 Å². The fourth-order valence-electron chi connectivity index (χ4n) is 2.15. The molecule has 9 nitrogen and oxygen atoms in total. The van der Waals surface area contributed by atoms with Crippen LogP contribution >= 0.6 is 11.8 Å². The van der Waals surface area contributed by atoms with Crippen LogP contribution in [0.2, 0.25) is 0 Å². The lowest BCUT2D eigenvalue weighted by molar-refractivity contribution is -0.384. The highest BCUT2D eigenvalue weighted by Gasteiger charge is 2.13. The molecule has 0 spiro atoms. The molecule has 1 heterocycles. The molecular formula is C18H15N3O6S. The zero-order chi connectivity index (χ0) is 19.9. The van der Waals surface area contributed by atoms with Crippen molar-refractivity contribution in [2.75, 3.05) is 12.9 Å². The van der Waals surface area contributed by atoms with Gasteiger partial charge in [-0.3, -0.25) is 14.9 Å². The van der Waals surface area contributed by atoms with Crippen LogP contribution in [0.3, 0.4) is 0 Å². The molecule has 0 N–H and O–H groups in total. The molecule has 0 saturated heterocycles. The smallest absolute Gasteiger partial charge is 0.277 e. The molecule has 0 aliphatic carbocycles. The third-order valence-electron chi connectivity index (χ3n) is 3.60. The third-order valence-corrected chi connectivity index (χ3v) is 4.42. The Morgan fingerprint density at radius 3 is 2.43 bits per heavy atom. The van der Waals surface area contributed by atoms with E-state index in [0.29, 0.717) is 11.3 Å². The maximum atomic E-state index is 12.2. The zero-order valence-electron chi connectivity index (χ0n) is 14.7. The fraction of sp³-hybridized carbons (Fsp3) is 0.167. The molecule has 0 fully saturated rings. The summed E-state index contributed by atoms with van der Waals surface area (Å²) in [5, 5.41) is 18.6. The molecule has 0 amide bonds. The summed E-state index contributed by atoms with van der Waals surface area (Å²) in [6.07, 6.45) is 0. The predicted octanol–water partition coefficient (Wildman–Crippen LogP) is 3.54. The number of nitro groups is 1. The van der Waals surface area contributed by atoms with Crippen LogP contribution in [0, 0.1) is 10.1 Å². The molecule has 0 atom stereocenters. The summed E-state index contributed by atoms with van der Waals surface area (Å²) in [6, 6.07) is 12.5. The number of ketones is 1. The highest BCUT2D eigenvalue weighted by atomic mass is 32.2. The van der Waals surface area contributed by atoms with E-state index in [1.54, 1.807) is 31.4 Å². The van der Waals surface area contributed by atoms with Gasteiger partial charge in [-0.25, -0.2) is 0 Å². The summed E-state index contributed by atoms with van der Waals surface area (Å²) >= 11 is 1.09. The maximum Gasteiger partial charge on any atom is 0.277 e. The number of ether oxygens (including phenoxy) is 2. The highest BCUT2D eigenvalue weighted by Crippen LogP contribution is 2.21. The van der Waals surface area contributed by atoms with Gasteiger partial charge < -0.3 is 13.9 Å². The van der Waals surface area contributed by atoms with Crippen molar-refractivity contribution in [1.82, 2.24) is 10.2 Å². The number of carbonyl (C=O) groups excluding carboxylic acids is 1. The number of hydrogen-bond acceptors (Lipinski definition) is 9. The first-order valence-electron chi connectivity index (χ1n) is 8.05. The lowest BCUT2D eigenvalue weighted by Crippen LogP contribution is -2.02. The number of Topliss-reactive ketones (excluding diaryl/α,β-unsaturated/α-hetero) is 1. The zero-order valence-corrected chi connectivity index (χ0v) is 15.5. The van der Waals surface area contributed by atoms with Crippen LogP contribution in [0.25, 0.3) is 0 Å². The van der Waals surface area contributed by atoms with Crippen LogP contribution in [0.1, 0.15) is 16.2 Å². The van der Waals surface area contributed by atoms with Gasteiger partial charge in [0.25, 0.3) is 16.8 Å².